The fraction of sp³-hybridized carbons (Fsp3) is 0.412. The molecule has 0 fully saturated rings. The lowest BCUT2D eigenvalue weighted by atomic mass is 9.93. The molecule has 2 aromatic rings. The molecule has 2 atom stereocenters. The Balaban J connectivity index is 2.27. The first-order valence-corrected chi connectivity index (χ1v) is 7.91. The number of hydrogen-bond acceptors (Lipinski definition) is 2. The van der Waals surface area contributed by atoms with Crippen molar-refractivity contribution in [1.29, 1.82) is 0 Å². The predicted octanol–water partition coefficient (Wildman–Crippen LogP) is 4.88. The molecule has 0 amide bonds. The summed E-state index contributed by atoms with van der Waals surface area (Å²) in [5.41, 5.74) is 5.54. The van der Waals surface area contributed by atoms with Crippen LogP contribution in [0.3, 0.4) is 0 Å². The first-order valence-electron chi connectivity index (χ1n) is 6.97. The van der Waals surface area contributed by atoms with Gasteiger partial charge in [-0.25, -0.2) is 0 Å². The van der Waals surface area contributed by atoms with Gasteiger partial charge < -0.3 is 5.32 Å². The van der Waals surface area contributed by atoms with Crippen LogP contribution in [0.5, 0.6) is 0 Å². The lowest BCUT2D eigenvalue weighted by Crippen LogP contribution is -2.17. The third-order valence-corrected chi connectivity index (χ3v) is 4.83. The minimum atomic E-state index is 0.303. The highest BCUT2D eigenvalue weighted by atomic mass is 32.1. The summed E-state index contributed by atoms with van der Waals surface area (Å²) >= 11 is 1.78. The van der Waals surface area contributed by atoms with E-state index >= 15 is 0 Å². The smallest absolute Gasteiger partial charge is 0.0585 e. The number of aryl methyl sites for hydroxylation is 1. The summed E-state index contributed by atoms with van der Waals surface area (Å²) < 4.78 is 0. The summed E-state index contributed by atoms with van der Waals surface area (Å²) in [7, 11) is 2.03. The Hall–Kier alpha value is -1.12. The maximum atomic E-state index is 3.43. The van der Waals surface area contributed by atoms with Crippen LogP contribution in [0.15, 0.2) is 35.0 Å². The van der Waals surface area contributed by atoms with Crippen LogP contribution in [-0.4, -0.2) is 7.05 Å². The van der Waals surface area contributed by atoms with E-state index in [4.69, 9.17) is 0 Å². The minimum absolute atomic E-state index is 0.303. The Morgan fingerprint density at radius 3 is 2.21 bits per heavy atom. The van der Waals surface area contributed by atoms with E-state index in [1.807, 2.05) is 7.05 Å². The van der Waals surface area contributed by atoms with E-state index in [1.54, 1.807) is 11.3 Å². The molecule has 1 heterocycles. The zero-order valence-electron chi connectivity index (χ0n) is 12.2. The zero-order valence-corrected chi connectivity index (χ0v) is 13.1. The van der Waals surface area contributed by atoms with Gasteiger partial charge in [-0.3, -0.25) is 0 Å². The van der Waals surface area contributed by atoms with Gasteiger partial charge >= 0.3 is 0 Å². The van der Waals surface area contributed by atoms with Crippen molar-refractivity contribution >= 4 is 11.3 Å². The van der Waals surface area contributed by atoms with E-state index in [0.29, 0.717) is 12.0 Å². The molecule has 2 unspecified atom stereocenters. The van der Waals surface area contributed by atoms with Crippen molar-refractivity contribution < 1.29 is 0 Å². The Kier molecular flexibility index (Phi) is 4.78. The molecule has 0 aliphatic rings. The van der Waals surface area contributed by atoms with Gasteiger partial charge in [0.25, 0.3) is 0 Å². The molecule has 0 saturated carbocycles. The number of benzene rings is 1. The van der Waals surface area contributed by atoms with E-state index in [-0.39, 0.29) is 0 Å². The second kappa shape index (κ2) is 6.36. The SMILES string of the molecule is CCC(C)c1ccc(C(NC)c2cscc2C)cc1. The molecule has 0 saturated heterocycles. The summed E-state index contributed by atoms with van der Waals surface area (Å²) in [5.74, 6) is 0.643. The van der Waals surface area contributed by atoms with Gasteiger partial charge in [0.15, 0.2) is 0 Å². The second-order valence-electron chi connectivity index (χ2n) is 5.21. The highest BCUT2D eigenvalue weighted by Crippen LogP contribution is 2.28. The van der Waals surface area contributed by atoms with Crippen LogP contribution >= 0.6 is 11.3 Å². The summed E-state index contributed by atoms with van der Waals surface area (Å²) in [4.78, 5) is 0. The quantitative estimate of drug-likeness (QED) is 0.818. The van der Waals surface area contributed by atoms with Crippen LogP contribution in [0.25, 0.3) is 0 Å². The Labute approximate surface area is 120 Å². The third kappa shape index (κ3) is 3.07. The predicted molar refractivity (Wildman–Crippen MR) is 85.1 cm³/mol. The molecule has 1 aromatic heterocycles. The van der Waals surface area contributed by atoms with Crippen molar-refractivity contribution in [2.75, 3.05) is 7.05 Å². The van der Waals surface area contributed by atoms with Crippen LogP contribution in [0.2, 0.25) is 0 Å². The highest BCUT2D eigenvalue weighted by Gasteiger charge is 2.15. The monoisotopic (exact) mass is 273 g/mol. The van der Waals surface area contributed by atoms with Crippen molar-refractivity contribution in [2.45, 2.75) is 39.2 Å². The van der Waals surface area contributed by atoms with Crippen molar-refractivity contribution in [3.05, 3.63) is 57.3 Å². The number of thiophene rings is 1. The van der Waals surface area contributed by atoms with E-state index in [9.17, 15) is 0 Å². The fourth-order valence-corrected chi connectivity index (χ4v) is 3.30. The van der Waals surface area contributed by atoms with Crippen LogP contribution < -0.4 is 5.32 Å². The van der Waals surface area contributed by atoms with Crippen molar-refractivity contribution in [1.82, 2.24) is 5.32 Å². The molecule has 1 nitrogen and oxygen atoms in total. The first-order chi connectivity index (χ1) is 9.17. The maximum Gasteiger partial charge on any atom is 0.0585 e. The molecule has 0 aliphatic carbocycles. The molecular weight excluding hydrogens is 250 g/mol. The first kappa shape index (κ1) is 14.3. The van der Waals surface area contributed by atoms with Gasteiger partial charge in [0.05, 0.1) is 6.04 Å². The lowest BCUT2D eigenvalue weighted by molar-refractivity contribution is 0.687. The molecular formula is C17H23NS. The summed E-state index contributed by atoms with van der Waals surface area (Å²) in [6, 6.07) is 9.38. The van der Waals surface area contributed by atoms with E-state index < -0.39 is 0 Å². The molecule has 0 bridgehead atoms. The molecule has 19 heavy (non-hydrogen) atoms. The van der Waals surface area contributed by atoms with Crippen LogP contribution in [0.1, 0.15) is 54.5 Å². The number of nitrogens with one attached hydrogen (secondary N) is 1. The molecule has 0 spiro atoms. The molecule has 2 rings (SSSR count). The third-order valence-electron chi connectivity index (χ3n) is 3.95. The standard InChI is InChI=1S/C17H23NS/c1-5-12(2)14-6-8-15(9-7-14)17(18-4)16-11-19-10-13(16)3/h6-12,17-18H,5H2,1-4H3. The zero-order chi connectivity index (χ0) is 13.8. The molecule has 102 valence electrons. The Morgan fingerprint density at radius 1 is 1.11 bits per heavy atom. The van der Waals surface area contributed by atoms with Gasteiger partial charge in [-0.05, 0) is 59.3 Å². The fourth-order valence-electron chi connectivity index (χ4n) is 2.42. The van der Waals surface area contributed by atoms with Gasteiger partial charge in [-0.15, -0.1) is 0 Å². The second-order valence-corrected chi connectivity index (χ2v) is 5.95. The maximum absolute atomic E-state index is 3.43. The van der Waals surface area contributed by atoms with Crippen LogP contribution in [-0.2, 0) is 0 Å². The molecule has 1 N–H and O–H groups in total. The van der Waals surface area contributed by atoms with Crippen LogP contribution in [0, 0.1) is 6.92 Å². The van der Waals surface area contributed by atoms with Gasteiger partial charge in [-0.2, -0.15) is 11.3 Å². The van der Waals surface area contributed by atoms with Crippen LogP contribution in [0.4, 0.5) is 0 Å². The van der Waals surface area contributed by atoms with Gasteiger partial charge in [0.2, 0.25) is 0 Å². The molecule has 2 heteroatoms. The highest BCUT2D eigenvalue weighted by molar-refractivity contribution is 7.08. The average Bonchev–Trinajstić information content (AvgIpc) is 2.86. The summed E-state index contributed by atoms with van der Waals surface area (Å²) in [6.45, 7) is 6.71. The van der Waals surface area contributed by atoms with E-state index in [0.717, 1.165) is 0 Å². The molecule has 0 aliphatic heterocycles. The molecule has 1 aromatic carbocycles. The van der Waals surface area contributed by atoms with Crippen molar-refractivity contribution in [2.24, 2.45) is 0 Å². The molecule has 0 radical (unpaired) electrons. The number of hydrogen-bond donors (Lipinski definition) is 1. The normalized spacial score (nSPS) is 14.3. The minimum Gasteiger partial charge on any atom is -0.309 e. The Morgan fingerprint density at radius 2 is 1.74 bits per heavy atom. The lowest BCUT2D eigenvalue weighted by Gasteiger charge is -2.18. The summed E-state index contributed by atoms with van der Waals surface area (Å²) in [5, 5.41) is 7.90. The van der Waals surface area contributed by atoms with Gasteiger partial charge in [0, 0.05) is 0 Å². The van der Waals surface area contributed by atoms with Crippen molar-refractivity contribution in [3.8, 4) is 0 Å². The summed E-state index contributed by atoms with van der Waals surface area (Å²) in [6.07, 6.45) is 1.19. The number of rotatable bonds is 5. The van der Waals surface area contributed by atoms with E-state index in [2.05, 4.69) is 61.1 Å². The van der Waals surface area contributed by atoms with Gasteiger partial charge in [-0.1, -0.05) is 38.1 Å². The Bertz CT molecular complexity index is 512. The van der Waals surface area contributed by atoms with Gasteiger partial charge in [0.1, 0.15) is 0 Å². The largest absolute Gasteiger partial charge is 0.309 e. The van der Waals surface area contributed by atoms with Crippen molar-refractivity contribution in [3.63, 3.8) is 0 Å². The average molecular weight is 273 g/mol. The topological polar surface area (TPSA) is 12.0 Å². The van der Waals surface area contributed by atoms with E-state index in [1.165, 1.54) is 28.7 Å².